The zero-order valence-electron chi connectivity index (χ0n) is 18.0. The summed E-state index contributed by atoms with van der Waals surface area (Å²) in [4.78, 5) is 48.7. The summed E-state index contributed by atoms with van der Waals surface area (Å²) in [7, 11) is 0. The predicted octanol–water partition coefficient (Wildman–Crippen LogP) is 0.755. The fourth-order valence-corrected chi connectivity index (χ4v) is 6.01. The SMILES string of the molecule is CC(O)C1C(=O)N2C(C(=O)O)=C(C3CNC(C(=O)Nc4cccc(C(=O)O)c4)C3)C(C)C12S. The molecule has 1 aromatic rings. The fraction of sp³-hybridized carbons (Fsp3) is 0.455. The first kappa shape index (κ1) is 23.3. The minimum absolute atomic E-state index is 0.0435. The van der Waals surface area contributed by atoms with Crippen molar-refractivity contribution in [2.75, 3.05) is 11.9 Å². The first-order valence-electron chi connectivity index (χ1n) is 10.6. The van der Waals surface area contributed by atoms with Crippen LogP contribution in [0.5, 0.6) is 0 Å². The van der Waals surface area contributed by atoms with E-state index in [0.717, 1.165) is 0 Å². The van der Waals surface area contributed by atoms with Gasteiger partial charge in [0.25, 0.3) is 0 Å². The summed E-state index contributed by atoms with van der Waals surface area (Å²) in [5.41, 5.74) is 0.793. The normalized spacial score (nSPS) is 31.8. The lowest BCUT2D eigenvalue weighted by Gasteiger charge is -2.54. The minimum Gasteiger partial charge on any atom is -0.478 e. The Morgan fingerprint density at radius 3 is 2.58 bits per heavy atom. The van der Waals surface area contributed by atoms with Crippen LogP contribution in [0.15, 0.2) is 35.5 Å². The highest BCUT2D eigenvalue weighted by atomic mass is 32.1. The van der Waals surface area contributed by atoms with Crippen molar-refractivity contribution in [3.63, 3.8) is 0 Å². The number of carboxylic acids is 2. The third-order valence-electron chi connectivity index (χ3n) is 6.85. The van der Waals surface area contributed by atoms with Gasteiger partial charge < -0.3 is 26.0 Å². The van der Waals surface area contributed by atoms with Crippen LogP contribution in [0.1, 0.15) is 30.6 Å². The van der Waals surface area contributed by atoms with Gasteiger partial charge in [-0.2, -0.15) is 0 Å². The van der Waals surface area contributed by atoms with Crippen LogP contribution >= 0.6 is 12.6 Å². The van der Waals surface area contributed by atoms with E-state index >= 15 is 0 Å². The van der Waals surface area contributed by atoms with Crippen molar-refractivity contribution in [3.8, 4) is 0 Å². The van der Waals surface area contributed by atoms with Gasteiger partial charge in [-0.3, -0.25) is 14.5 Å². The Morgan fingerprint density at radius 2 is 1.97 bits per heavy atom. The topological polar surface area (TPSA) is 156 Å². The summed E-state index contributed by atoms with van der Waals surface area (Å²) < 4.78 is 0. The zero-order chi connectivity index (χ0) is 24.2. The van der Waals surface area contributed by atoms with Crippen molar-refractivity contribution in [2.24, 2.45) is 17.8 Å². The van der Waals surface area contributed by atoms with E-state index in [1.807, 2.05) is 0 Å². The van der Waals surface area contributed by atoms with Gasteiger partial charge in [0.1, 0.15) is 10.6 Å². The van der Waals surface area contributed by atoms with E-state index in [1.165, 1.54) is 30.0 Å². The molecule has 0 spiro atoms. The summed E-state index contributed by atoms with van der Waals surface area (Å²) in [5.74, 6) is -4.79. The molecule has 0 bridgehead atoms. The van der Waals surface area contributed by atoms with Gasteiger partial charge in [0.15, 0.2) is 0 Å². The van der Waals surface area contributed by atoms with Crippen LogP contribution in [-0.4, -0.2) is 67.5 Å². The van der Waals surface area contributed by atoms with Crippen LogP contribution in [0.25, 0.3) is 0 Å². The molecular weight excluding hydrogens is 450 g/mol. The lowest BCUT2D eigenvalue weighted by molar-refractivity contribution is -0.167. The van der Waals surface area contributed by atoms with E-state index in [1.54, 1.807) is 13.0 Å². The number of aliphatic hydroxyl groups excluding tert-OH is 1. The first-order valence-corrected chi connectivity index (χ1v) is 11.0. The van der Waals surface area contributed by atoms with Crippen LogP contribution in [0, 0.1) is 17.8 Å². The molecule has 0 saturated carbocycles. The smallest absolute Gasteiger partial charge is 0.352 e. The number of thiol groups is 1. The molecular formula is C22H25N3O7S. The zero-order valence-corrected chi connectivity index (χ0v) is 18.9. The van der Waals surface area contributed by atoms with Crippen molar-refractivity contribution in [1.29, 1.82) is 0 Å². The van der Waals surface area contributed by atoms with Crippen molar-refractivity contribution in [1.82, 2.24) is 10.2 Å². The van der Waals surface area contributed by atoms with Crippen LogP contribution in [0.4, 0.5) is 5.69 Å². The molecule has 4 rings (SSSR count). The molecule has 2 saturated heterocycles. The Hall–Kier alpha value is -2.89. The molecule has 3 aliphatic rings. The Balaban J connectivity index is 1.54. The molecule has 3 aliphatic heterocycles. The van der Waals surface area contributed by atoms with E-state index in [-0.39, 0.29) is 23.1 Å². The second-order valence-electron chi connectivity index (χ2n) is 8.77. The number of nitrogens with zero attached hydrogens (tertiary/aromatic N) is 1. The number of aliphatic carboxylic acids is 1. The maximum absolute atomic E-state index is 12.8. The number of benzene rings is 1. The van der Waals surface area contributed by atoms with Crippen molar-refractivity contribution >= 4 is 42.1 Å². The predicted molar refractivity (Wildman–Crippen MR) is 119 cm³/mol. The number of carboxylic acid groups (broad SMARTS) is 2. The van der Waals surface area contributed by atoms with Crippen molar-refractivity contribution < 1.29 is 34.5 Å². The Morgan fingerprint density at radius 1 is 1.27 bits per heavy atom. The van der Waals surface area contributed by atoms with Gasteiger partial charge in [-0.1, -0.05) is 13.0 Å². The number of carbonyl (C=O) groups excluding carboxylic acids is 2. The number of nitrogens with one attached hydrogen (secondary N) is 2. The lowest BCUT2D eigenvalue weighted by Crippen LogP contribution is -2.70. The van der Waals surface area contributed by atoms with Crippen LogP contribution in [0.2, 0.25) is 0 Å². The Kier molecular flexibility index (Phi) is 5.75. The van der Waals surface area contributed by atoms with Crippen LogP contribution < -0.4 is 10.6 Å². The molecule has 3 heterocycles. The molecule has 11 heteroatoms. The molecule has 6 atom stereocenters. The van der Waals surface area contributed by atoms with Crippen LogP contribution in [0.3, 0.4) is 0 Å². The van der Waals surface area contributed by atoms with Gasteiger partial charge in [0.2, 0.25) is 11.8 Å². The molecule has 6 unspecified atom stereocenters. The summed E-state index contributed by atoms with van der Waals surface area (Å²) in [6, 6.07) is 5.25. The molecule has 5 N–H and O–H groups in total. The number of rotatable bonds is 6. The largest absolute Gasteiger partial charge is 0.478 e. The van der Waals surface area contributed by atoms with Gasteiger partial charge >= 0.3 is 11.9 Å². The monoisotopic (exact) mass is 475 g/mol. The van der Waals surface area contributed by atoms with Gasteiger partial charge in [-0.15, -0.1) is 12.6 Å². The number of fused-ring (bicyclic) bond motifs is 1. The molecule has 1 aromatic carbocycles. The number of carbonyl (C=O) groups is 4. The van der Waals surface area contributed by atoms with Gasteiger partial charge in [-0.05, 0) is 43.0 Å². The highest BCUT2D eigenvalue weighted by Gasteiger charge is 2.69. The number of amides is 2. The molecule has 0 radical (unpaired) electrons. The quantitative estimate of drug-likeness (QED) is 0.260. The summed E-state index contributed by atoms with van der Waals surface area (Å²) >= 11 is 4.67. The number of hydrogen-bond acceptors (Lipinski definition) is 7. The summed E-state index contributed by atoms with van der Waals surface area (Å²) in [5, 5.41) is 34.9. The van der Waals surface area contributed by atoms with Crippen LogP contribution in [-0.2, 0) is 14.4 Å². The summed E-state index contributed by atoms with van der Waals surface area (Å²) in [6.45, 7) is 3.60. The van der Waals surface area contributed by atoms with E-state index < -0.39 is 46.7 Å². The van der Waals surface area contributed by atoms with Gasteiger partial charge in [-0.25, -0.2) is 9.59 Å². The molecule has 33 heavy (non-hydrogen) atoms. The van der Waals surface area contributed by atoms with E-state index in [2.05, 4.69) is 23.3 Å². The second kappa shape index (κ2) is 8.15. The Bertz CT molecular complexity index is 1090. The molecule has 176 valence electrons. The van der Waals surface area contributed by atoms with Crippen molar-refractivity contribution in [2.45, 2.75) is 37.3 Å². The molecule has 0 aromatic heterocycles. The highest BCUT2D eigenvalue weighted by Crippen LogP contribution is 2.59. The van der Waals surface area contributed by atoms with Gasteiger partial charge in [0.05, 0.1) is 23.6 Å². The second-order valence-corrected chi connectivity index (χ2v) is 9.49. The Labute approximate surface area is 195 Å². The average Bonchev–Trinajstić information content (AvgIpc) is 3.28. The molecule has 10 nitrogen and oxygen atoms in total. The third-order valence-corrected chi connectivity index (χ3v) is 7.72. The maximum atomic E-state index is 12.8. The minimum atomic E-state index is -1.25. The standard InChI is InChI=1S/C22H25N3O7S/c1-9-15(17(21(31)32)25-19(28)16(10(2)26)22(9,25)33)12-7-14(23-8-12)18(27)24-13-5-3-4-11(6-13)20(29)30/h3-6,9-10,12,14,16,23,26,33H,7-8H2,1-2H3,(H,24,27)(H,29,30)(H,31,32). The molecule has 0 aliphatic carbocycles. The first-order chi connectivity index (χ1) is 15.5. The number of aromatic carboxylic acids is 1. The molecule has 2 fully saturated rings. The number of β-lactam (4-membered cyclic amide) rings is 1. The number of hydrogen-bond donors (Lipinski definition) is 6. The van der Waals surface area contributed by atoms with E-state index in [0.29, 0.717) is 24.2 Å². The average molecular weight is 476 g/mol. The fourth-order valence-electron chi connectivity index (χ4n) is 5.34. The molecule has 2 amide bonds. The number of anilines is 1. The van der Waals surface area contributed by atoms with Gasteiger partial charge in [0, 0.05) is 18.2 Å². The van der Waals surface area contributed by atoms with E-state index in [4.69, 9.17) is 5.11 Å². The maximum Gasteiger partial charge on any atom is 0.352 e. The lowest BCUT2D eigenvalue weighted by atomic mass is 9.74. The van der Waals surface area contributed by atoms with E-state index in [9.17, 15) is 29.4 Å². The summed E-state index contributed by atoms with van der Waals surface area (Å²) in [6.07, 6.45) is -0.684. The number of aliphatic hydroxyl groups is 1. The highest BCUT2D eigenvalue weighted by molar-refractivity contribution is 7.82. The van der Waals surface area contributed by atoms with Crippen molar-refractivity contribution in [3.05, 3.63) is 41.1 Å². The third kappa shape index (κ3) is 3.51.